The van der Waals surface area contributed by atoms with E-state index in [2.05, 4.69) is 5.32 Å². The third-order valence-corrected chi connectivity index (χ3v) is 3.28. The van der Waals surface area contributed by atoms with Crippen LogP contribution in [0.4, 0.5) is 0 Å². The van der Waals surface area contributed by atoms with Gasteiger partial charge in [-0.05, 0) is 25.5 Å². The van der Waals surface area contributed by atoms with Gasteiger partial charge in [-0.1, -0.05) is 6.92 Å². The average Bonchev–Trinajstić information content (AvgIpc) is 2.84. The second-order valence-electron chi connectivity index (χ2n) is 4.58. The molecule has 2 heterocycles. The Bertz CT molecular complexity index is 427. The van der Waals surface area contributed by atoms with Gasteiger partial charge in [0.05, 0.1) is 12.8 Å². The van der Waals surface area contributed by atoms with Gasteiger partial charge in [-0.3, -0.25) is 9.59 Å². The summed E-state index contributed by atoms with van der Waals surface area (Å²) in [6.07, 6.45) is 2.87. The predicted octanol–water partition coefficient (Wildman–Crippen LogP) is 0.948. The molecule has 0 bridgehead atoms. The Hall–Kier alpha value is -1.78. The van der Waals surface area contributed by atoms with Crippen molar-refractivity contribution >= 4 is 11.8 Å². The number of carbonyl (C=O) groups excluding carboxylic acids is 2. The summed E-state index contributed by atoms with van der Waals surface area (Å²) in [5.74, 6) is 0.736. The third-order valence-electron chi connectivity index (χ3n) is 3.28. The molecule has 5 heteroatoms. The van der Waals surface area contributed by atoms with Crippen molar-refractivity contribution in [1.29, 1.82) is 0 Å². The molecule has 1 aromatic rings. The highest BCUT2D eigenvalue weighted by Gasteiger charge is 2.36. The SMILES string of the molecule is CCC1C(=O)NCC(=O)N1C(C)Cc1ccco1. The maximum Gasteiger partial charge on any atom is 0.243 e. The smallest absolute Gasteiger partial charge is 0.243 e. The maximum atomic E-state index is 12.0. The number of nitrogens with one attached hydrogen (secondary N) is 1. The van der Waals surface area contributed by atoms with E-state index >= 15 is 0 Å². The van der Waals surface area contributed by atoms with E-state index in [1.807, 2.05) is 26.0 Å². The lowest BCUT2D eigenvalue weighted by atomic mass is 10.0. The molecule has 1 N–H and O–H groups in total. The first-order valence-corrected chi connectivity index (χ1v) is 6.24. The average molecular weight is 250 g/mol. The van der Waals surface area contributed by atoms with Gasteiger partial charge in [0.1, 0.15) is 11.8 Å². The number of piperazine rings is 1. The number of nitrogens with zero attached hydrogens (tertiary/aromatic N) is 1. The Morgan fingerprint density at radius 3 is 2.94 bits per heavy atom. The first-order valence-electron chi connectivity index (χ1n) is 6.24. The standard InChI is InChI=1S/C13H18N2O3/c1-3-11-13(17)14-8-12(16)15(11)9(2)7-10-5-4-6-18-10/h4-6,9,11H,3,7-8H2,1-2H3,(H,14,17). The molecule has 1 aromatic heterocycles. The highest BCUT2D eigenvalue weighted by atomic mass is 16.3. The van der Waals surface area contributed by atoms with E-state index in [1.54, 1.807) is 11.2 Å². The summed E-state index contributed by atoms with van der Waals surface area (Å²) < 4.78 is 5.29. The maximum absolute atomic E-state index is 12.0. The van der Waals surface area contributed by atoms with Crippen LogP contribution in [0.5, 0.6) is 0 Å². The Labute approximate surface area is 106 Å². The monoisotopic (exact) mass is 250 g/mol. The van der Waals surface area contributed by atoms with Crippen molar-refractivity contribution in [3.63, 3.8) is 0 Å². The van der Waals surface area contributed by atoms with Gasteiger partial charge in [0, 0.05) is 12.5 Å². The van der Waals surface area contributed by atoms with E-state index in [0.29, 0.717) is 12.8 Å². The van der Waals surface area contributed by atoms with Gasteiger partial charge in [0.25, 0.3) is 0 Å². The van der Waals surface area contributed by atoms with Crippen LogP contribution in [-0.2, 0) is 16.0 Å². The number of carbonyl (C=O) groups is 2. The fraction of sp³-hybridized carbons (Fsp3) is 0.538. The van der Waals surface area contributed by atoms with Crippen LogP contribution in [-0.4, -0.2) is 35.3 Å². The molecular formula is C13H18N2O3. The summed E-state index contributed by atoms with van der Waals surface area (Å²) in [5.41, 5.74) is 0. The van der Waals surface area contributed by atoms with Gasteiger partial charge in [0.15, 0.2) is 0 Å². The molecular weight excluding hydrogens is 232 g/mol. The minimum absolute atomic E-state index is 0.0273. The van der Waals surface area contributed by atoms with Crippen LogP contribution in [0.3, 0.4) is 0 Å². The Balaban J connectivity index is 2.12. The van der Waals surface area contributed by atoms with Crippen molar-refractivity contribution in [2.24, 2.45) is 0 Å². The van der Waals surface area contributed by atoms with Crippen LogP contribution in [0.2, 0.25) is 0 Å². The fourth-order valence-corrected chi connectivity index (χ4v) is 2.43. The second-order valence-corrected chi connectivity index (χ2v) is 4.58. The molecule has 1 aliphatic rings. The number of rotatable bonds is 4. The van der Waals surface area contributed by atoms with Gasteiger partial charge < -0.3 is 14.6 Å². The van der Waals surface area contributed by atoms with Crippen molar-refractivity contribution in [2.75, 3.05) is 6.54 Å². The molecule has 0 aromatic carbocycles. The van der Waals surface area contributed by atoms with E-state index in [-0.39, 0.29) is 30.4 Å². The third kappa shape index (κ3) is 2.39. The first-order chi connectivity index (χ1) is 8.63. The van der Waals surface area contributed by atoms with Crippen molar-refractivity contribution in [3.05, 3.63) is 24.2 Å². The van der Waals surface area contributed by atoms with Crippen molar-refractivity contribution in [3.8, 4) is 0 Å². The number of hydrogen-bond acceptors (Lipinski definition) is 3. The Morgan fingerprint density at radius 2 is 2.33 bits per heavy atom. The summed E-state index contributed by atoms with van der Waals surface area (Å²) in [6, 6.07) is 3.30. The Morgan fingerprint density at radius 1 is 1.56 bits per heavy atom. The van der Waals surface area contributed by atoms with Gasteiger partial charge in [-0.15, -0.1) is 0 Å². The largest absolute Gasteiger partial charge is 0.469 e. The molecule has 0 radical (unpaired) electrons. The van der Waals surface area contributed by atoms with E-state index in [9.17, 15) is 9.59 Å². The molecule has 0 aliphatic carbocycles. The van der Waals surface area contributed by atoms with E-state index in [4.69, 9.17) is 4.42 Å². The highest BCUT2D eigenvalue weighted by molar-refractivity contribution is 5.94. The molecule has 1 saturated heterocycles. The summed E-state index contributed by atoms with van der Waals surface area (Å²) in [5, 5.41) is 2.62. The molecule has 5 nitrogen and oxygen atoms in total. The molecule has 1 fully saturated rings. The van der Waals surface area contributed by atoms with Gasteiger partial charge in [-0.2, -0.15) is 0 Å². The zero-order valence-corrected chi connectivity index (χ0v) is 10.7. The van der Waals surface area contributed by atoms with Crippen LogP contribution in [0, 0.1) is 0 Å². The topological polar surface area (TPSA) is 62.6 Å². The zero-order valence-electron chi connectivity index (χ0n) is 10.7. The van der Waals surface area contributed by atoms with Gasteiger partial charge in [-0.25, -0.2) is 0 Å². The number of furan rings is 1. The summed E-state index contributed by atoms with van der Waals surface area (Å²) >= 11 is 0. The normalized spacial score (nSPS) is 21.9. The lowest BCUT2D eigenvalue weighted by molar-refractivity contribution is -0.148. The van der Waals surface area contributed by atoms with Crippen LogP contribution in [0.25, 0.3) is 0 Å². The summed E-state index contributed by atoms with van der Waals surface area (Å²) in [4.78, 5) is 25.4. The van der Waals surface area contributed by atoms with E-state index in [0.717, 1.165) is 5.76 Å². The minimum atomic E-state index is -0.365. The molecule has 1 aliphatic heterocycles. The van der Waals surface area contributed by atoms with E-state index < -0.39 is 0 Å². The summed E-state index contributed by atoms with van der Waals surface area (Å²) in [6.45, 7) is 3.95. The molecule has 2 amide bonds. The Kier molecular flexibility index (Phi) is 3.69. The molecule has 18 heavy (non-hydrogen) atoms. The molecule has 2 atom stereocenters. The molecule has 0 spiro atoms. The number of amides is 2. The molecule has 98 valence electrons. The lowest BCUT2D eigenvalue weighted by Gasteiger charge is -2.38. The van der Waals surface area contributed by atoms with Crippen LogP contribution in [0.1, 0.15) is 26.0 Å². The van der Waals surface area contributed by atoms with Crippen LogP contribution in [0.15, 0.2) is 22.8 Å². The summed E-state index contributed by atoms with van der Waals surface area (Å²) in [7, 11) is 0. The molecule has 2 rings (SSSR count). The fourth-order valence-electron chi connectivity index (χ4n) is 2.43. The molecule has 2 unspecified atom stereocenters. The van der Waals surface area contributed by atoms with E-state index in [1.165, 1.54) is 0 Å². The van der Waals surface area contributed by atoms with Crippen molar-refractivity contribution in [2.45, 2.75) is 38.8 Å². The second kappa shape index (κ2) is 5.25. The first kappa shape index (κ1) is 12.7. The highest BCUT2D eigenvalue weighted by Crippen LogP contribution is 2.17. The molecule has 0 saturated carbocycles. The van der Waals surface area contributed by atoms with Gasteiger partial charge >= 0.3 is 0 Å². The van der Waals surface area contributed by atoms with Crippen molar-refractivity contribution < 1.29 is 14.0 Å². The minimum Gasteiger partial charge on any atom is -0.469 e. The zero-order chi connectivity index (χ0) is 13.1. The number of hydrogen-bond donors (Lipinski definition) is 1. The van der Waals surface area contributed by atoms with Crippen LogP contribution < -0.4 is 5.32 Å². The van der Waals surface area contributed by atoms with Crippen molar-refractivity contribution in [1.82, 2.24) is 10.2 Å². The lowest BCUT2D eigenvalue weighted by Crippen LogP contribution is -2.61. The van der Waals surface area contributed by atoms with Crippen LogP contribution >= 0.6 is 0 Å². The van der Waals surface area contributed by atoms with Gasteiger partial charge in [0.2, 0.25) is 11.8 Å². The quantitative estimate of drug-likeness (QED) is 0.865. The predicted molar refractivity (Wildman–Crippen MR) is 65.8 cm³/mol.